The fraction of sp³-hybridized carbons (Fsp3) is 0.133. The molecule has 0 unspecified atom stereocenters. The second-order valence-corrected chi connectivity index (χ2v) is 4.08. The maximum Gasteiger partial charge on any atom is 0.339 e. The summed E-state index contributed by atoms with van der Waals surface area (Å²) in [5.41, 5.74) is 2.12. The molecule has 0 amide bonds. The fourth-order valence-corrected chi connectivity index (χ4v) is 1.86. The third-order valence-corrected chi connectivity index (χ3v) is 2.91. The van der Waals surface area contributed by atoms with Gasteiger partial charge >= 0.3 is 5.97 Å². The van der Waals surface area contributed by atoms with Crippen LogP contribution >= 0.6 is 0 Å². The number of ether oxygens (including phenoxy) is 1. The summed E-state index contributed by atoms with van der Waals surface area (Å²) in [6.07, 6.45) is 0. The Balaban J connectivity index is 2.41. The molecule has 4 nitrogen and oxygen atoms in total. The van der Waals surface area contributed by atoms with E-state index in [0.717, 1.165) is 11.4 Å². The first-order chi connectivity index (χ1) is 9.13. The van der Waals surface area contributed by atoms with Gasteiger partial charge in [0, 0.05) is 12.7 Å². The number of anilines is 2. The number of aromatic hydroxyl groups is 1. The first-order valence-electron chi connectivity index (χ1n) is 5.83. The molecular formula is C15H15NO3. The van der Waals surface area contributed by atoms with E-state index in [1.807, 2.05) is 24.1 Å². The van der Waals surface area contributed by atoms with E-state index in [9.17, 15) is 9.90 Å². The smallest absolute Gasteiger partial charge is 0.339 e. The second-order valence-electron chi connectivity index (χ2n) is 4.08. The fourth-order valence-electron chi connectivity index (χ4n) is 1.86. The third-order valence-electron chi connectivity index (χ3n) is 2.91. The minimum Gasteiger partial charge on any atom is -0.508 e. The molecule has 98 valence electrons. The SMILES string of the molecule is COC(=O)c1ccccc1N(C)c1ccc(O)cc1. The van der Waals surface area contributed by atoms with Gasteiger partial charge in [0.25, 0.3) is 0 Å². The van der Waals surface area contributed by atoms with E-state index in [2.05, 4.69) is 0 Å². The van der Waals surface area contributed by atoms with Gasteiger partial charge in [0.2, 0.25) is 0 Å². The zero-order valence-corrected chi connectivity index (χ0v) is 10.8. The van der Waals surface area contributed by atoms with Crippen molar-refractivity contribution in [2.75, 3.05) is 19.1 Å². The molecule has 0 saturated carbocycles. The third kappa shape index (κ3) is 2.68. The molecule has 0 bridgehead atoms. The van der Waals surface area contributed by atoms with Crippen LogP contribution in [-0.2, 0) is 4.74 Å². The normalized spacial score (nSPS) is 10.0. The Morgan fingerprint density at radius 3 is 2.37 bits per heavy atom. The van der Waals surface area contributed by atoms with Crippen molar-refractivity contribution < 1.29 is 14.6 Å². The molecule has 2 rings (SSSR count). The first kappa shape index (κ1) is 13.0. The molecule has 19 heavy (non-hydrogen) atoms. The van der Waals surface area contributed by atoms with Crippen molar-refractivity contribution in [3.8, 4) is 5.75 Å². The lowest BCUT2D eigenvalue weighted by Crippen LogP contribution is -2.14. The average Bonchev–Trinajstić information content (AvgIpc) is 2.46. The number of esters is 1. The minimum absolute atomic E-state index is 0.207. The van der Waals surface area contributed by atoms with Crippen molar-refractivity contribution in [1.29, 1.82) is 0 Å². The lowest BCUT2D eigenvalue weighted by molar-refractivity contribution is 0.0601. The number of para-hydroxylation sites is 1. The van der Waals surface area contributed by atoms with Crippen LogP contribution in [0.3, 0.4) is 0 Å². The van der Waals surface area contributed by atoms with Crippen molar-refractivity contribution in [1.82, 2.24) is 0 Å². The van der Waals surface area contributed by atoms with E-state index in [-0.39, 0.29) is 11.7 Å². The summed E-state index contributed by atoms with van der Waals surface area (Å²) in [7, 11) is 3.22. The Bertz CT molecular complexity index is 578. The molecule has 0 heterocycles. The average molecular weight is 257 g/mol. The minimum atomic E-state index is -0.374. The molecule has 0 aliphatic heterocycles. The van der Waals surface area contributed by atoms with Gasteiger partial charge in [-0.05, 0) is 36.4 Å². The Hall–Kier alpha value is -2.49. The Kier molecular flexibility index (Phi) is 3.71. The Morgan fingerprint density at radius 1 is 1.11 bits per heavy atom. The highest BCUT2D eigenvalue weighted by Gasteiger charge is 2.15. The predicted molar refractivity (Wildman–Crippen MR) is 74.0 cm³/mol. The summed E-state index contributed by atoms with van der Waals surface area (Å²) in [5.74, 6) is -0.167. The van der Waals surface area contributed by atoms with Gasteiger partial charge in [0.1, 0.15) is 5.75 Å². The molecule has 0 atom stereocenters. The highest BCUT2D eigenvalue weighted by atomic mass is 16.5. The number of carbonyl (C=O) groups is 1. The molecule has 0 fully saturated rings. The summed E-state index contributed by atoms with van der Waals surface area (Å²) in [5, 5.41) is 9.30. The van der Waals surface area contributed by atoms with Crippen LogP contribution in [0.15, 0.2) is 48.5 Å². The first-order valence-corrected chi connectivity index (χ1v) is 5.83. The Labute approximate surface area is 111 Å². The largest absolute Gasteiger partial charge is 0.508 e. The highest BCUT2D eigenvalue weighted by molar-refractivity contribution is 5.96. The summed E-state index contributed by atoms with van der Waals surface area (Å²) < 4.78 is 4.78. The molecule has 0 aromatic heterocycles. The molecule has 0 aliphatic carbocycles. The van der Waals surface area contributed by atoms with Crippen LogP contribution in [0.5, 0.6) is 5.75 Å². The molecule has 0 spiro atoms. The Morgan fingerprint density at radius 2 is 1.74 bits per heavy atom. The number of nitrogens with zero attached hydrogens (tertiary/aromatic N) is 1. The molecule has 0 radical (unpaired) electrons. The van der Waals surface area contributed by atoms with Crippen LogP contribution in [0.25, 0.3) is 0 Å². The number of rotatable bonds is 3. The second kappa shape index (κ2) is 5.44. The van der Waals surface area contributed by atoms with E-state index in [1.165, 1.54) is 7.11 Å². The lowest BCUT2D eigenvalue weighted by atomic mass is 10.1. The van der Waals surface area contributed by atoms with Crippen LogP contribution in [0.2, 0.25) is 0 Å². The van der Waals surface area contributed by atoms with E-state index in [0.29, 0.717) is 5.56 Å². The van der Waals surface area contributed by atoms with Crippen molar-refractivity contribution in [2.24, 2.45) is 0 Å². The molecule has 2 aromatic rings. The van der Waals surface area contributed by atoms with Gasteiger partial charge in [-0.25, -0.2) is 4.79 Å². The molecule has 2 aromatic carbocycles. The van der Waals surface area contributed by atoms with Crippen molar-refractivity contribution in [3.63, 3.8) is 0 Å². The topological polar surface area (TPSA) is 49.8 Å². The maximum atomic E-state index is 11.7. The number of phenolic OH excluding ortho intramolecular Hbond substituents is 1. The predicted octanol–water partition coefficient (Wildman–Crippen LogP) is 2.95. The van der Waals surface area contributed by atoms with Crippen molar-refractivity contribution in [3.05, 3.63) is 54.1 Å². The van der Waals surface area contributed by atoms with Crippen molar-refractivity contribution >= 4 is 17.3 Å². The quantitative estimate of drug-likeness (QED) is 0.859. The van der Waals surface area contributed by atoms with Crippen LogP contribution in [0.4, 0.5) is 11.4 Å². The van der Waals surface area contributed by atoms with Crippen LogP contribution < -0.4 is 4.90 Å². The zero-order chi connectivity index (χ0) is 13.8. The van der Waals surface area contributed by atoms with Crippen molar-refractivity contribution in [2.45, 2.75) is 0 Å². The maximum absolute atomic E-state index is 11.7. The number of benzene rings is 2. The van der Waals surface area contributed by atoms with Gasteiger partial charge in [-0.15, -0.1) is 0 Å². The van der Waals surface area contributed by atoms with Crippen LogP contribution in [-0.4, -0.2) is 25.2 Å². The molecular weight excluding hydrogens is 242 g/mol. The standard InChI is InChI=1S/C15H15NO3/c1-16(11-7-9-12(17)10-8-11)14-6-4-3-5-13(14)15(18)19-2/h3-10,17H,1-2H3. The highest BCUT2D eigenvalue weighted by Crippen LogP contribution is 2.28. The van der Waals surface area contributed by atoms with E-state index >= 15 is 0 Å². The summed E-state index contributed by atoms with van der Waals surface area (Å²) in [4.78, 5) is 13.6. The number of carbonyl (C=O) groups excluding carboxylic acids is 1. The molecule has 0 saturated heterocycles. The van der Waals surface area contributed by atoms with Gasteiger partial charge in [0.15, 0.2) is 0 Å². The number of hydrogen-bond acceptors (Lipinski definition) is 4. The van der Waals surface area contributed by atoms with Crippen LogP contribution in [0.1, 0.15) is 10.4 Å². The summed E-state index contributed by atoms with van der Waals surface area (Å²) in [6.45, 7) is 0. The number of phenols is 1. The number of methoxy groups -OCH3 is 1. The lowest BCUT2D eigenvalue weighted by Gasteiger charge is -2.21. The van der Waals surface area contributed by atoms with Gasteiger partial charge in [-0.1, -0.05) is 12.1 Å². The molecule has 4 heteroatoms. The number of hydrogen-bond donors (Lipinski definition) is 1. The van der Waals surface area contributed by atoms with Gasteiger partial charge in [-0.3, -0.25) is 0 Å². The zero-order valence-electron chi connectivity index (χ0n) is 10.8. The van der Waals surface area contributed by atoms with Crippen LogP contribution in [0, 0.1) is 0 Å². The van der Waals surface area contributed by atoms with E-state index in [4.69, 9.17) is 4.74 Å². The summed E-state index contributed by atoms with van der Waals surface area (Å²) in [6, 6.07) is 14.0. The molecule has 0 aliphatic rings. The monoisotopic (exact) mass is 257 g/mol. The molecule has 1 N–H and O–H groups in total. The van der Waals surface area contributed by atoms with E-state index < -0.39 is 0 Å². The van der Waals surface area contributed by atoms with E-state index in [1.54, 1.807) is 36.4 Å². The van der Waals surface area contributed by atoms with Gasteiger partial charge in [-0.2, -0.15) is 0 Å². The van der Waals surface area contributed by atoms with Gasteiger partial charge in [0.05, 0.1) is 18.4 Å². The summed E-state index contributed by atoms with van der Waals surface area (Å²) >= 11 is 0. The van der Waals surface area contributed by atoms with Gasteiger partial charge < -0.3 is 14.7 Å².